The quantitative estimate of drug-likeness (QED) is 0.729. The van der Waals surface area contributed by atoms with Gasteiger partial charge in [0.2, 0.25) is 5.91 Å². The monoisotopic (exact) mass is 369 g/mol. The number of nitrogens with zero attached hydrogens (tertiary/aromatic N) is 2. The van der Waals surface area contributed by atoms with Gasteiger partial charge in [-0.25, -0.2) is 9.97 Å². The molecule has 0 saturated heterocycles. The zero-order valence-corrected chi connectivity index (χ0v) is 15.2. The molecule has 1 aromatic heterocycles. The van der Waals surface area contributed by atoms with Crippen molar-refractivity contribution in [3.8, 4) is 0 Å². The fraction of sp³-hybridized carbons (Fsp3) is 0.150. The van der Waals surface area contributed by atoms with Crippen LogP contribution in [0, 0.1) is 6.92 Å². The van der Waals surface area contributed by atoms with Crippen molar-refractivity contribution in [3.05, 3.63) is 83.3 Å². The van der Waals surface area contributed by atoms with E-state index in [-0.39, 0.29) is 18.9 Å². The Bertz CT molecular complexity index is 843. The summed E-state index contributed by atoms with van der Waals surface area (Å²) in [5.74, 6) is 0.233. The zero-order chi connectivity index (χ0) is 18.9. The van der Waals surface area contributed by atoms with E-state index in [1.54, 1.807) is 49.6 Å². The minimum absolute atomic E-state index is 0.0697. The van der Waals surface area contributed by atoms with E-state index < -0.39 is 0 Å². The molecule has 2 N–H and O–H groups in total. The molecule has 6 heteroatoms. The number of halogens is 1. The summed E-state index contributed by atoms with van der Waals surface area (Å²) in [5, 5.41) is 12.3. The second kappa shape index (κ2) is 9.65. The SMILES string of the molecule is C=C/C=C(\C=C/CO)c1cnc(NC(=O)Cc2ccc(Cl)cc2)c(C)n1. The summed E-state index contributed by atoms with van der Waals surface area (Å²) >= 11 is 5.85. The van der Waals surface area contributed by atoms with E-state index in [1.165, 1.54) is 0 Å². The lowest BCUT2D eigenvalue weighted by atomic mass is 10.1. The van der Waals surface area contributed by atoms with Gasteiger partial charge < -0.3 is 10.4 Å². The predicted molar refractivity (Wildman–Crippen MR) is 105 cm³/mol. The van der Waals surface area contributed by atoms with Crippen LogP contribution >= 0.6 is 11.6 Å². The average Bonchev–Trinajstić information content (AvgIpc) is 2.62. The smallest absolute Gasteiger partial charge is 0.229 e. The number of hydrogen-bond donors (Lipinski definition) is 2. The first-order valence-corrected chi connectivity index (χ1v) is 8.39. The number of carbonyl (C=O) groups excluding carboxylic acids is 1. The van der Waals surface area contributed by atoms with Crippen LogP contribution in [0.1, 0.15) is 17.0 Å². The van der Waals surface area contributed by atoms with Gasteiger partial charge in [0.25, 0.3) is 0 Å². The van der Waals surface area contributed by atoms with Crippen LogP contribution in [0.3, 0.4) is 0 Å². The molecule has 1 heterocycles. The average molecular weight is 370 g/mol. The molecule has 0 saturated carbocycles. The van der Waals surface area contributed by atoms with Gasteiger partial charge in [-0.15, -0.1) is 0 Å². The molecule has 0 bridgehead atoms. The molecule has 0 radical (unpaired) electrons. The van der Waals surface area contributed by atoms with E-state index in [2.05, 4.69) is 21.9 Å². The fourth-order valence-corrected chi connectivity index (χ4v) is 2.37. The van der Waals surface area contributed by atoms with Gasteiger partial charge in [0.1, 0.15) is 0 Å². The summed E-state index contributed by atoms with van der Waals surface area (Å²) in [7, 11) is 0. The van der Waals surface area contributed by atoms with Crippen LogP contribution < -0.4 is 5.32 Å². The van der Waals surface area contributed by atoms with Gasteiger partial charge in [-0.1, -0.05) is 54.6 Å². The maximum absolute atomic E-state index is 12.2. The highest BCUT2D eigenvalue weighted by Gasteiger charge is 2.10. The Labute approximate surface area is 157 Å². The van der Waals surface area contributed by atoms with Crippen LogP contribution in [-0.4, -0.2) is 27.6 Å². The molecule has 0 aliphatic rings. The highest BCUT2D eigenvalue weighted by atomic mass is 35.5. The van der Waals surface area contributed by atoms with Gasteiger partial charge in [-0.3, -0.25) is 4.79 Å². The molecule has 0 fully saturated rings. The molecule has 2 aromatic rings. The van der Waals surface area contributed by atoms with Crippen LogP contribution in [0.15, 0.2) is 61.3 Å². The molecule has 0 aliphatic carbocycles. The second-order valence-corrected chi connectivity index (χ2v) is 5.92. The molecule has 1 aromatic carbocycles. The number of aliphatic hydroxyl groups excluding tert-OH is 1. The van der Waals surface area contributed by atoms with E-state index in [4.69, 9.17) is 16.7 Å². The van der Waals surface area contributed by atoms with E-state index >= 15 is 0 Å². The molecule has 0 spiro atoms. The van der Waals surface area contributed by atoms with Crippen LogP contribution in [0.25, 0.3) is 5.57 Å². The maximum atomic E-state index is 12.2. The first kappa shape index (κ1) is 19.6. The third kappa shape index (κ3) is 5.65. The standard InChI is InChI=1S/C20H20ClN3O2/c1-3-5-16(6-4-11-25)18-13-22-20(14(2)23-18)24-19(26)12-15-7-9-17(21)10-8-15/h3-10,13,25H,1,11-12H2,2H3,(H,22,24,26)/b6-4-,16-5+. The number of carbonyl (C=O) groups is 1. The van der Waals surface area contributed by atoms with Crippen molar-refractivity contribution in [2.24, 2.45) is 0 Å². The number of aryl methyl sites for hydroxylation is 1. The van der Waals surface area contributed by atoms with Crippen LogP contribution in [0.2, 0.25) is 5.02 Å². The third-order valence-corrected chi connectivity index (χ3v) is 3.73. The van der Waals surface area contributed by atoms with Gasteiger partial charge in [-0.05, 0) is 24.6 Å². The molecular formula is C20H20ClN3O2. The Morgan fingerprint density at radius 2 is 2.08 bits per heavy atom. The summed E-state index contributed by atoms with van der Waals surface area (Å²) in [5.41, 5.74) is 2.85. The fourth-order valence-electron chi connectivity index (χ4n) is 2.24. The zero-order valence-electron chi connectivity index (χ0n) is 14.4. The first-order valence-electron chi connectivity index (χ1n) is 8.02. The molecule has 0 unspecified atom stereocenters. The van der Waals surface area contributed by atoms with Crippen molar-refractivity contribution in [2.45, 2.75) is 13.3 Å². The number of nitrogens with one attached hydrogen (secondary N) is 1. The lowest BCUT2D eigenvalue weighted by Crippen LogP contribution is -2.17. The summed E-state index contributed by atoms with van der Waals surface area (Å²) in [6, 6.07) is 7.11. The number of allylic oxidation sites excluding steroid dienone is 4. The van der Waals surface area contributed by atoms with Crippen molar-refractivity contribution in [3.63, 3.8) is 0 Å². The minimum Gasteiger partial charge on any atom is -0.392 e. The number of rotatable bonds is 7. The minimum atomic E-state index is -0.181. The van der Waals surface area contributed by atoms with E-state index in [0.717, 1.165) is 11.1 Å². The summed E-state index contributed by atoms with van der Waals surface area (Å²) in [6.07, 6.45) is 8.55. The Balaban J connectivity index is 2.12. The van der Waals surface area contributed by atoms with Crippen molar-refractivity contribution in [1.29, 1.82) is 0 Å². The third-order valence-electron chi connectivity index (χ3n) is 3.48. The lowest BCUT2D eigenvalue weighted by molar-refractivity contribution is -0.115. The summed E-state index contributed by atoms with van der Waals surface area (Å²) in [6.45, 7) is 5.38. The molecule has 0 atom stereocenters. The molecule has 134 valence electrons. The van der Waals surface area contributed by atoms with Gasteiger partial charge >= 0.3 is 0 Å². The van der Waals surface area contributed by atoms with E-state index in [1.807, 2.05) is 12.1 Å². The molecule has 26 heavy (non-hydrogen) atoms. The number of amides is 1. The van der Waals surface area contributed by atoms with Crippen LogP contribution in [-0.2, 0) is 11.2 Å². The number of hydrogen-bond acceptors (Lipinski definition) is 4. The Kier molecular flexibility index (Phi) is 7.26. The van der Waals surface area contributed by atoms with Gasteiger partial charge in [0, 0.05) is 10.6 Å². The number of aliphatic hydroxyl groups is 1. The molecule has 5 nitrogen and oxygen atoms in total. The van der Waals surface area contributed by atoms with Crippen LogP contribution in [0.4, 0.5) is 5.82 Å². The normalized spacial score (nSPS) is 11.6. The van der Waals surface area contributed by atoms with Gasteiger partial charge in [0.05, 0.1) is 30.6 Å². The number of anilines is 1. The van der Waals surface area contributed by atoms with Crippen molar-refractivity contribution in [1.82, 2.24) is 9.97 Å². The molecule has 0 aliphatic heterocycles. The first-order chi connectivity index (χ1) is 12.5. The van der Waals surface area contributed by atoms with E-state index in [0.29, 0.717) is 22.2 Å². The van der Waals surface area contributed by atoms with Gasteiger partial charge in [0.15, 0.2) is 5.82 Å². The molecule has 1 amide bonds. The Morgan fingerprint density at radius 1 is 1.35 bits per heavy atom. The molecular weight excluding hydrogens is 350 g/mol. The maximum Gasteiger partial charge on any atom is 0.229 e. The van der Waals surface area contributed by atoms with Crippen molar-refractivity contribution in [2.75, 3.05) is 11.9 Å². The largest absolute Gasteiger partial charge is 0.392 e. The molecule has 2 rings (SSSR count). The summed E-state index contributed by atoms with van der Waals surface area (Å²) in [4.78, 5) is 21.0. The Morgan fingerprint density at radius 3 is 2.69 bits per heavy atom. The van der Waals surface area contributed by atoms with E-state index in [9.17, 15) is 4.79 Å². The Hall–Kier alpha value is -2.76. The number of aromatic nitrogens is 2. The van der Waals surface area contributed by atoms with Crippen molar-refractivity contribution < 1.29 is 9.90 Å². The van der Waals surface area contributed by atoms with Crippen molar-refractivity contribution >= 4 is 28.9 Å². The summed E-state index contributed by atoms with van der Waals surface area (Å²) < 4.78 is 0. The second-order valence-electron chi connectivity index (χ2n) is 5.48. The predicted octanol–water partition coefficient (Wildman–Crippen LogP) is 3.74. The van der Waals surface area contributed by atoms with Crippen LogP contribution in [0.5, 0.6) is 0 Å². The highest BCUT2D eigenvalue weighted by molar-refractivity contribution is 6.30. The topological polar surface area (TPSA) is 75.1 Å². The number of benzene rings is 1. The van der Waals surface area contributed by atoms with Gasteiger partial charge in [-0.2, -0.15) is 0 Å². The lowest BCUT2D eigenvalue weighted by Gasteiger charge is -2.09. The highest BCUT2D eigenvalue weighted by Crippen LogP contribution is 2.17.